The number of halogens is 2. The Labute approximate surface area is 182 Å². The Hall–Kier alpha value is -2.21. The molecule has 1 saturated heterocycles. The summed E-state index contributed by atoms with van der Waals surface area (Å²) in [7, 11) is -1.40. The van der Waals surface area contributed by atoms with E-state index in [1.165, 1.54) is 28.6 Å². The molecule has 1 amide bonds. The maximum atomic E-state index is 13.4. The fraction of sp³-hybridized carbons (Fsp3) is 0.333. The minimum atomic E-state index is -2.95. The zero-order valence-corrected chi connectivity index (χ0v) is 18.3. The number of nitrogens with one attached hydrogen (secondary N) is 1. The number of guanidine groups is 1. The summed E-state index contributed by atoms with van der Waals surface area (Å²) in [6, 6.07) is 5.58. The van der Waals surface area contributed by atoms with Crippen LogP contribution in [-0.4, -0.2) is 50.3 Å². The first kappa shape index (κ1) is 21.0. The summed E-state index contributed by atoms with van der Waals surface area (Å²) in [5, 5.41) is 2.82. The highest BCUT2D eigenvalue weighted by molar-refractivity contribution is 7.99. The SMILES string of the molecule is C=S1(=O)C2OCCC[C@]2(c2sc(C(=O)Nc3cccc(F)n3)cc2Cl)N=C(N)N1C. The third kappa shape index (κ3) is 3.35. The van der Waals surface area contributed by atoms with Gasteiger partial charge in [0.05, 0.1) is 24.5 Å². The second-order valence-electron chi connectivity index (χ2n) is 6.98. The lowest BCUT2D eigenvalue weighted by molar-refractivity contribution is 0.00649. The first-order valence-corrected chi connectivity index (χ1v) is 11.9. The quantitative estimate of drug-likeness (QED) is 0.527. The average Bonchev–Trinajstić information content (AvgIpc) is 3.09. The van der Waals surface area contributed by atoms with Crippen LogP contribution in [0.5, 0.6) is 0 Å². The smallest absolute Gasteiger partial charge is 0.266 e. The van der Waals surface area contributed by atoms with Crippen molar-refractivity contribution in [1.82, 2.24) is 9.29 Å². The maximum absolute atomic E-state index is 13.4. The second kappa shape index (κ2) is 7.49. The van der Waals surface area contributed by atoms with Gasteiger partial charge in [0.1, 0.15) is 11.4 Å². The average molecular weight is 472 g/mol. The van der Waals surface area contributed by atoms with Crippen molar-refractivity contribution >= 4 is 56.2 Å². The number of hydrogen-bond donors (Lipinski definition) is 2. The van der Waals surface area contributed by atoms with Gasteiger partial charge in [0.25, 0.3) is 5.91 Å². The van der Waals surface area contributed by atoms with E-state index in [0.717, 1.165) is 11.3 Å². The van der Waals surface area contributed by atoms with E-state index in [0.29, 0.717) is 24.3 Å². The Morgan fingerprint density at radius 3 is 3.07 bits per heavy atom. The molecule has 8 nitrogen and oxygen atoms in total. The molecule has 160 valence electrons. The highest BCUT2D eigenvalue weighted by Gasteiger charge is 2.54. The molecule has 4 rings (SSSR count). The van der Waals surface area contributed by atoms with Crippen molar-refractivity contribution in [3.63, 3.8) is 0 Å². The van der Waals surface area contributed by atoms with Crippen molar-refractivity contribution in [2.75, 3.05) is 19.0 Å². The Morgan fingerprint density at radius 1 is 1.57 bits per heavy atom. The van der Waals surface area contributed by atoms with Crippen LogP contribution in [0.25, 0.3) is 0 Å². The van der Waals surface area contributed by atoms with Gasteiger partial charge in [-0.15, -0.1) is 11.3 Å². The molecule has 2 aromatic rings. The van der Waals surface area contributed by atoms with Crippen LogP contribution >= 0.6 is 22.9 Å². The van der Waals surface area contributed by atoms with E-state index in [9.17, 15) is 13.4 Å². The molecule has 3 atom stereocenters. The van der Waals surface area contributed by atoms with Crippen LogP contribution in [0.3, 0.4) is 0 Å². The van der Waals surface area contributed by atoms with Crippen molar-refractivity contribution in [2.24, 2.45) is 10.7 Å². The van der Waals surface area contributed by atoms with Gasteiger partial charge in [-0.1, -0.05) is 17.7 Å². The molecule has 0 spiro atoms. The minimum absolute atomic E-state index is 0.0659. The molecule has 0 radical (unpaired) electrons. The molecule has 2 aromatic heterocycles. The summed E-state index contributed by atoms with van der Waals surface area (Å²) in [5.74, 6) is 2.79. The highest BCUT2D eigenvalue weighted by atomic mass is 35.5. The molecule has 12 heteroatoms. The molecule has 2 aliphatic heterocycles. The molecular weight excluding hydrogens is 453 g/mol. The Morgan fingerprint density at radius 2 is 2.33 bits per heavy atom. The van der Waals surface area contributed by atoms with Crippen LogP contribution in [0, 0.1) is 5.95 Å². The first-order chi connectivity index (χ1) is 14.1. The summed E-state index contributed by atoms with van der Waals surface area (Å²) in [5.41, 5.74) is 4.08. The number of nitrogens with two attached hydrogens (primary N) is 1. The number of nitrogens with zero attached hydrogens (tertiary/aromatic N) is 3. The number of hydrogen-bond acceptors (Lipinski definition) is 7. The van der Waals surface area contributed by atoms with Crippen molar-refractivity contribution in [2.45, 2.75) is 23.8 Å². The molecule has 2 aliphatic rings. The number of ether oxygens (including phenoxy) is 1. The number of aromatic nitrogens is 1. The third-order valence-corrected chi connectivity index (χ3v) is 9.08. The van der Waals surface area contributed by atoms with E-state index in [1.807, 2.05) is 0 Å². The van der Waals surface area contributed by atoms with E-state index in [1.54, 1.807) is 7.05 Å². The van der Waals surface area contributed by atoms with Crippen LogP contribution in [0.15, 0.2) is 29.3 Å². The summed E-state index contributed by atoms with van der Waals surface area (Å²) in [4.78, 5) is 21.7. The molecule has 0 aliphatic carbocycles. The molecule has 0 saturated carbocycles. The number of amides is 1. The normalized spacial score (nSPS) is 28.6. The maximum Gasteiger partial charge on any atom is 0.266 e. The van der Waals surface area contributed by atoms with Crippen molar-refractivity contribution < 1.29 is 18.1 Å². The van der Waals surface area contributed by atoms with E-state index in [-0.39, 0.29) is 21.7 Å². The zero-order chi connectivity index (χ0) is 21.7. The highest BCUT2D eigenvalue weighted by Crippen LogP contribution is 2.49. The summed E-state index contributed by atoms with van der Waals surface area (Å²) < 4.78 is 33.9. The first-order valence-electron chi connectivity index (χ1n) is 8.96. The number of rotatable bonds is 3. The number of carbonyl (C=O) groups excluding carboxylic acids is 1. The van der Waals surface area contributed by atoms with Crippen LogP contribution in [0.1, 0.15) is 27.4 Å². The van der Waals surface area contributed by atoms with Gasteiger partial charge in [-0.05, 0) is 36.9 Å². The number of thiophene rings is 1. The molecule has 30 heavy (non-hydrogen) atoms. The van der Waals surface area contributed by atoms with E-state index >= 15 is 0 Å². The molecule has 0 aromatic carbocycles. The lowest BCUT2D eigenvalue weighted by Crippen LogP contribution is -2.59. The van der Waals surface area contributed by atoms with Crippen LogP contribution in [0.2, 0.25) is 5.02 Å². The van der Waals surface area contributed by atoms with Crippen LogP contribution in [-0.2, 0) is 20.0 Å². The van der Waals surface area contributed by atoms with Crippen LogP contribution in [0.4, 0.5) is 10.2 Å². The van der Waals surface area contributed by atoms with Gasteiger partial charge in [-0.3, -0.25) is 9.10 Å². The second-order valence-corrected chi connectivity index (χ2v) is 10.8. The molecule has 2 unspecified atom stereocenters. The van der Waals surface area contributed by atoms with E-state index < -0.39 is 32.5 Å². The topological polar surface area (TPSA) is 110 Å². The zero-order valence-electron chi connectivity index (χ0n) is 15.9. The molecular formula is C18H19ClFN5O3S2. The molecule has 3 N–H and O–H groups in total. The van der Waals surface area contributed by atoms with E-state index in [4.69, 9.17) is 22.1 Å². The van der Waals surface area contributed by atoms with E-state index in [2.05, 4.69) is 21.2 Å². The monoisotopic (exact) mass is 471 g/mol. The molecule has 0 bridgehead atoms. The van der Waals surface area contributed by atoms with Crippen molar-refractivity contribution in [3.8, 4) is 0 Å². The molecule has 1 fully saturated rings. The fourth-order valence-electron chi connectivity index (χ4n) is 3.59. The number of anilines is 1. The number of carbonyl (C=O) groups is 1. The summed E-state index contributed by atoms with van der Waals surface area (Å²) in [6.45, 7) is 0.407. The number of pyridine rings is 1. The third-order valence-electron chi connectivity index (χ3n) is 5.06. The fourth-order valence-corrected chi connectivity index (χ4v) is 7.09. The van der Waals surface area contributed by atoms with Crippen molar-refractivity contribution in [3.05, 3.63) is 45.0 Å². The van der Waals surface area contributed by atoms with Gasteiger partial charge < -0.3 is 15.8 Å². The Kier molecular flexibility index (Phi) is 5.25. The lowest BCUT2D eigenvalue weighted by atomic mass is 9.91. The minimum Gasteiger partial charge on any atom is -0.369 e. The van der Waals surface area contributed by atoms with Crippen LogP contribution < -0.4 is 11.1 Å². The largest absolute Gasteiger partial charge is 0.369 e. The van der Waals surface area contributed by atoms with Gasteiger partial charge in [-0.2, -0.15) is 4.39 Å². The predicted octanol–water partition coefficient (Wildman–Crippen LogP) is 2.41. The lowest BCUT2D eigenvalue weighted by Gasteiger charge is -2.47. The van der Waals surface area contributed by atoms with Gasteiger partial charge in [0.15, 0.2) is 5.44 Å². The van der Waals surface area contributed by atoms with Gasteiger partial charge >= 0.3 is 0 Å². The summed E-state index contributed by atoms with van der Waals surface area (Å²) in [6.07, 6.45) is 1.14. The number of aliphatic imine (C=N–C) groups is 1. The van der Waals surface area contributed by atoms with Gasteiger partial charge in [0.2, 0.25) is 11.9 Å². The molecule has 4 heterocycles. The number of fused-ring (bicyclic) bond motifs is 1. The predicted molar refractivity (Wildman–Crippen MR) is 117 cm³/mol. The summed E-state index contributed by atoms with van der Waals surface area (Å²) >= 11 is 7.60. The van der Waals surface area contributed by atoms with Crippen molar-refractivity contribution in [1.29, 1.82) is 0 Å². The van der Waals surface area contributed by atoms with Gasteiger partial charge in [-0.25, -0.2) is 14.2 Å². The standard InChI is InChI=1S/C18H19ClFN5O3S2/c1-25-17(21)24-18(7-4-8-28-16(18)30(25,2)27)14-10(19)9-11(29-14)15(26)23-13-6-3-5-12(20)22-13/h3,5-6,9,16H,2,4,7-8H2,1H3,(H2,21,24)(H,22,23,26)/t16?,18-,30?/m1/s1. The van der Waals surface area contributed by atoms with Gasteiger partial charge in [0, 0.05) is 13.7 Å². The Bertz CT molecular complexity index is 1150. The Balaban J connectivity index is 1.75.